The first-order chi connectivity index (χ1) is 9.26. The van der Waals surface area contributed by atoms with Crippen molar-refractivity contribution >= 4 is 11.8 Å². The van der Waals surface area contributed by atoms with Crippen molar-refractivity contribution in [3.05, 3.63) is 29.6 Å². The highest BCUT2D eigenvalue weighted by Crippen LogP contribution is 2.29. The zero-order valence-electron chi connectivity index (χ0n) is 11.6. The predicted molar refractivity (Wildman–Crippen MR) is 79.6 cm³/mol. The Morgan fingerprint density at radius 1 is 1.53 bits per heavy atom. The molecule has 2 rings (SSSR count). The molecule has 1 aliphatic heterocycles. The first kappa shape index (κ1) is 14.7. The molecule has 2 unspecified atom stereocenters. The number of nitrogens with one attached hydrogen (secondary N) is 1. The largest absolute Gasteiger partial charge is 0.494 e. The van der Waals surface area contributed by atoms with Crippen LogP contribution in [0, 0.1) is 11.7 Å². The third-order valence-corrected chi connectivity index (χ3v) is 4.89. The Balaban J connectivity index is 2.11. The molecule has 0 aliphatic carbocycles. The quantitative estimate of drug-likeness (QED) is 0.867. The molecule has 0 aromatic heterocycles. The molecule has 19 heavy (non-hydrogen) atoms. The van der Waals surface area contributed by atoms with E-state index >= 15 is 0 Å². The van der Waals surface area contributed by atoms with Gasteiger partial charge >= 0.3 is 0 Å². The number of methoxy groups -OCH3 is 1. The first-order valence-electron chi connectivity index (χ1n) is 6.88. The van der Waals surface area contributed by atoms with Gasteiger partial charge in [-0.1, -0.05) is 19.1 Å². The van der Waals surface area contributed by atoms with Crippen LogP contribution in [0.3, 0.4) is 0 Å². The Kier molecular flexibility index (Phi) is 5.52. The van der Waals surface area contributed by atoms with E-state index in [1.807, 2.05) is 23.9 Å². The van der Waals surface area contributed by atoms with Crippen molar-refractivity contribution in [3.63, 3.8) is 0 Å². The van der Waals surface area contributed by atoms with Crippen molar-refractivity contribution in [1.29, 1.82) is 0 Å². The van der Waals surface area contributed by atoms with Crippen molar-refractivity contribution in [3.8, 4) is 5.75 Å². The van der Waals surface area contributed by atoms with Crippen LogP contribution in [0.5, 0.6) is 5.75 Å². The van der Waals surface area contributed by atoms with Crippen LogP contribution in [0.4, 0.5) is 4.39 Å². The van der Waals surface area contributed by atoms with Gasteiger partial charge < -0.3 is 10.1 Å². The molecule has 1 N–H and O–H groups in total. The van der Waals surface area contributed by atoms with Gasteiger partial charge in [0.15, 0.2) is 11.6 Å². The molecule has 0 amide bonds. The minimum absolute atomic E-state index is 0.210. The average molecular weight is 283 g/mol. The standard InChI is InChI=1S/C15H22FNOS/c1-3-17-13(12-7-8-19-10-12)9-11-5-4-6-14(18-2)15(11)16/h4-6,12-13,17H,3,7-10H2,1-2H3. The fraction of sp³-hybridized carbons (Fsp3) is 0.600. The van der Waals surface area contributed by atoms with Crippen LogP contribution in [0.1, 0.15) is 18.9 Å². The van der Waals surface area contributed by atoms with Crippen molar-refractivity contribution in [2.45, 2.75) is 25.8 Å². The molecule has 0 bridgehead atoms. The number of ether oxygens (including phenoxy) is 1. The van der Waals surface area contributed by atoms with Gasteiger partial charge in [-0.05, 0) is 48.4 Å². The molecule has 1 aromatic carbocycles. The third kappa shape index (κ3) is 3.63. The maximum Gasteiger partial charge on any atom is 0.168 e. The predicted octanol–water partition coefficient (Wildman–Crippen LogP) is 3.11. The maximum absolute atomic E-state index is 14.2. The van der Waals surface area contributed by atoms with Crippen LogP contribution in [-0.4, -0.2) is 31.2 Å². The summed E-state index contributed by atoms with van der Waals surface area (Å²) < 4.78 is 19.3. The van der Waals surface area contributed by atoms with Crippen molar-refractivity contribution in [2.24, 2.45) is 5.92 Å². The van der Waals surface area contributed by atoms with E-state index in [1.54, 1.807) is 6.07 Å². The number of thioether (sulfide) groups is 1. The van der Waals surface area contributed by atoms with Gasteiger partial charge in [-0.25, -0.2) is 4.39 Å². The highest BCUT2D eigenvalue weighted by Gasteiger charge is 2.26. The van der Waals surface area contributed by atoms with E-state index in [0.29, 0.717) is 17.7 Å². The summed E-state index contributed by atoms with van der Waals surface area (Å²) in [4.78, 5) is 0. The molecule has 1 saturated heterocycles. The number of halogens is 1. The Morgan fingerprint density at radius 2 is 2.37 bits per heavy atom. The molecule has 4 heteroatoms. The van der Waals surface area contributed by atoms with E-state index in [2.05, 4.69) is 12.2 Å². The first-order valence-corrected chi connectivity index (χ1v) is 8.04. The van der Waals surface area contributed by atoms with Gasteiger partial charge in [-0.2, -0.15) is 11.8 Å². The van der Waals surface area contributed by atoms with Crippen LogP contribution >= 0.6 is 11.8 Å². The van der Waals surface area contributed by atoms with Gasteiger partial charge in [-0.3, -0.25) is 0 Å². The van der Waals surface area contributed by atoms with Crippen LogP contribution in [-0.2, 0) is 6.42 Å². The molecule has 1 fully saturated rings. The summed E-state index contributed by atoms with van der Waals surface area (Å²) >= 11 is 2.00. The maximum atomic E-state index is 14.2. The molecular weight excluding hydrogens is 261 g/mol. The summed E-state index contributed by atoms with van der Waals surface area (Å²) in [6.45, 7) is 3.04. The lowest BCUT2D eigenvalue weighted by atomic mass is 9.92. The summed E-state index contributed by atoms with van der Waals surface area (Å²) in [7, 11) is 1.51. The van der Waals surface area contributed by atoms with E-state index < -0.39 is 0 Å². The average Bonchev–Trinajstić information content (AvgIpc) is 2.94. The van der Waals surface area contributed by atoms with E-state index in [4.69, 9.17) is 4.74 Å². The number of hydrogen-bond acceptors (Lipinski definition) is 3. The van der Waals surface area contributed by atoms with Gasteiger partial charge in [0.25, 0.3) is 0 Å². The molecule has 1 aliphatic rings. The lowest BCUT2D eigenvalue weighted by Crippen LogP contribution is -2.38. The van der Waals surface area contributed by atoms with Crippen molar-refractivity contribution in [1.82, 2.24) is 5.32 Å². The zero-order valence-corrected chi connectivity index (χ0v) is 12.4. The van der Waals surface area contributed by atoms with Crippen LogP contribution in [0.15, 0.2) is 18.2 Å². The Hall–Kier alpha value is -0.740. The van der Waals surface area contributed by atoms with Gasteiger partial charge in [0.05, 0.1) is 7.11 Å². The monoisotopic (exact) mass is 283 g/mol. The van der Waals surface area contributed by atoms with E-state index in [0.717, 1.165) is 18.5 Å². The smallest absolute Gasteiger partial charge is 0.168 e. The second-order valence-corrected chi connectivity index (χ2v) is 6.08. The number of likely N-dealkylation sites (N-methyl/N-ethyl adjacent to an activating group) is 1. The molecule has 0 radical (unpaired) electrons. The van der Waals surface area contributed by atoms with E-state index in [9.17, 15) is 4.39 Å². The van der Waals surface area contributed by atoms with Gasteiger partial charge in [0.2, 0.25) is 0 Å². The van der Waals surface area contributed by atoms with Crippen molar-refractivity contribution < 1.29 is 9.13 Å². The highest BCUT2D eigenvalue weighted by atomic mass is 32.2. The van der Waals surface area contributed by atoms with Gasteiger partial charge in [0, 0.05) is 6.04 Å². The number of rotatable bonds is 6. The minimum atomic E-state index is -0.210. The second-order valence-electron chi connectivity index (χ2n) is 4.93. The third-order valence-electron chi connectivity index (χ3n) is 3.70. The lowest BCUT2D eigenvalue weighted by Gasteiger charge is -2.24. The minimum Gasteiger partial charge on any atom is -0.494 e. The second kappa shape index (κ2) is 7.15. The Morgan fingerprint density at radius 3 is 3.00 bits per heavy atom. The fourth-order valence-corrected chi connectivity index (χ4v) is 3.98. The number of hydrogen-bond donors (Lipinski definition) is 1. The summed E-state index contributed by atoms with van der Waals surface area (Å²) in [6, 6.07) is 5.77. The normalized spacial score (nSPS) is 20.5. The molecular formula is C15H22FNOS. The van der Waals surface area contributed by atoms with E-state index in [1.165, 1.54) is 25.0 Å². The Labute approximate surface area is 119 Å². The molecule has 1 heterocycles. The molecule has 2 atom stereocenters. The summed E-state index contributed by atoms with van der Waals surface area (Å²) in [5.41, 5.74) is 0.752. The molecule has 1 aromatic rings. The molecule has 0 spiro atoms. The summed E-state index contributed by atoms with van der Waals surface area (Å²) in [5.74, 6) is 3.19. The van der Waals surface area contributed by atoms with Crippen molar-refractivity contribution in [2.75, 3.05) is 25.2 Å². The number of benzene rings is 1. The lowest BCUT2D eigenvalue weighted by molar-refractivity contribution is 0.367. The molecule has 106 valence electrons. The molecule has 2 nitrogen and oxygen atoms in total. The Bertz CT molecular complexity index is 407. The topological polar surface area (TPSA) is 21.3 Å². The van der Waals surface area contributed by atoms with Crippen LogP contribution in [0.25, 0.3) is 0 Å². The SMILES string of the molecule is CCNC(Cc1cccc(OC)c1F)C1CCSC1. The summed E-state index contributed by atoms with van der Waals surface area (Å²) in [5, 5.41) is 3.52. The highest BCUT2D eigenvalue weighted by molar-refractivity contribution is 7.99. The van der Waals surface area contributed by atoms with Crippen LogP contribution in [0.2, 0.25) is 0 Å². The van der Waals surface area contributed by atoms with Crippen LogP contribution < -0.4 is 10.1 Å². The summed E-state index contributed by atoms with van der Waals surface area (Å²) in [6.07, 6.45) is 1.97. The van der Waals surface area contributed by atoms with E-state index in [-0.39, 0.29) is 5.82 Å². The van der Waals surface area contributed by atoms with Gasteiger partial charge in [-0.15, -0.1) is 0 Å². The van der Waals surface area contributed by atoms with Gasteiger partial charge in [0.1, 0.15) is 0 Å². The fourth-order valence-electron chi connectivity index (χ4n) is 2.65. The molecule has 0 saturated carbocycles. The zero-order chi connectivity index (χ0) is 13.7.